The van der Waals surface area contributed by atoms with Crippen molar-refractivity contribution in [2.45, 2.75) is 18.2 Å². The number of hydrogen-bond donors (Lipinski definition) is 1. The number of thiol groups is 1. The Hall–Kier alpha value is -0.410. The smallest absolute Gasteiger partial charge is 0.145 e. The second-order valence-corrected chi connectivity index (χ2v) is 3.47. The van der Waals surface area contributed by atoms with E-state index < -0.39 is 5.82 Å². The van der Waals surface area contributed by atoms with Gasteiger partial charge in [-0.05, 0) is 12.5 Å². The molecule has 1 rings (SSSR count). The summed E-state index contributed by atoms with van der Waals surface area (Å²) in [6.45, 7) is 2.53. The van der Waals surface area contributed by atoms with Gasteiger partial charge in [0, 0.05) is 11.0 Å². The van der Waals surface area contributed by atoms with Crippen LogP contribution in [0.3, 0.4) is 0 Å². The molecule has 0 fully saturated rings. The molecule has 1 aromatic rings. The molecule has 4 heteroatoms. The SMILES string of the molecule is CCCOc1cc(F)c(Cl)cc1S. The number of hydrogen-bond acceptors (Lipinski definition) is 2. The maximum Gasteiger partial charge on any atom is 0.145 e. The Morgan fingerprint density at radius 2 is 2.23 bits per heavy atom. The topological polar surface area (TPSA) is 9.23 Å². The highest BCUT2D eigenvalue weighted by Crippen LogP contribution is 2.28. The fourth-order valence-electron chi connectivity index (χ4n) is 0.846. The van der Waals surface area contributed by atoms with Crippen molar-refractivity contribution in [3.05, 3.63) is 23.0 Å². The van der Waals surface area contributed by atoms with E-state index in [4.69, 9.17) is 16.3 Å². The Labute approximate surface area is 87.3 Å². The first-order chi connectivity index (χ1) is 6.15. The summed E-state index contributed by atoms with van der Waals surface area (Å²) in [7, 11) is 0. The van der Waals surface area contributed by atoms with Crippen LogP contribution in [0.25, 0.3) is 0 Å². The lowest BCUT2D eigenvalue weighted by atomic mass is 10.3. The largest absolute Gasteiger partial charge is 0.492 e. The number of benzene rings is 1. The predicted octanol–water partition coefficient (Wildman–Crippen LogP) is 3.56. The van der Waals surface area contributed by atoms with Crippen molar-refractivity contribution >= 4 is 24.2 Å². The van der Waals surface area contributed by atoms with Crippen molar-refractivity contribution in [3.8, 4) is 5.75 Å². The van der Waals surface area contributed by atoms with E-state index in [9.17, 15) is 4.39 Å². The van der Waals surface area contributed by atoms with Crippen molar-refractivity contribution in [2.75, 3.05) is 6.61 Å². The molecular formula is C9H10ClFOS. The van der Waals surface area contributed by atoms with E-state index in [2.05, 4.69) is 12.6 Å². The van der Waals surface area contributed by atoms with E-state index >= 15 is 0 Å². The fraction of sp³-hybridized carbons (Fsp3) is 0.333. The van der Waals surface area contributed by atoms with Crippen LogP contribution in [0.5, 0.6) is 5.75 Å². The summed E-state index contributed by atoms with van der Waals surface area (Å²) in [5.74, 6) is -0.0438. The van der Waals surface area contributed by atoms with Gasteiger partial charge in [0.05, 0.1) is 11.6 Å². The van der Waals surface area contributed by atoms with Crippen LogP contribution >= 0.6 is 24.2 Å². The third kappa shape index (κ3) is 2.78. The summed E-state index contributed by atoms with van der Waals surface area (Å²) in [4.78, 5) is 0.555. The Morgan fingerprint density at radius 1 is 1.54 bits per heavy atom. The average Bonchev–Trinajstić information content (AvgIpc) is 2.09. The van der Waals surface area contributed by atoms with Crippen LogP contribution in [0.1, 0.15) is 13.3 Å². The standard InChI is InChI=1S/C9H10ClFOS/c1-2-3-12-8-5-7(11)6(10)4-9(8)13/h4-5,13H,2-3H2,1H3. The van der Waals surface area contributed by atoms with E-state index in [0.717, 1.165) is 6.42 Å². The Bertz CT molecular complexity index is 304. The van der Waals surface area contributed by atoms with Crippen LogP contribution in [0.15, 0.2) is 17.0 Å². The molecule has 0 unspecified atom stereocenters. The van der Waals surface area contributed by atoms with Crippen LogP contribution in [0, 0.1) is 5.82 Å². The van der Waals surface area contributed by atoms with Gasteiger partial charge in [-0.1, -0.05) is 18.5 Å². The molecule has 13 heavy (non-hydrogen) atoms. The maximum atomic E-state index is 12.9. The van der Waals surface area contributed by atoms with Crippen molar-refractivity contribution in [3.63, 3.8) is 0 Å². The fourth-order valence-corrected chi connectivity index (χ4v) is 1.34. The van der Waals surface area contributed by atoms with E-state index in [1.807, 2.05) is 6.92 Å². The summed E-state index contributed by atoms with van der Waals surface area (Å²) in [6, 6.07) is 2.69. The van der Waals surface area contributed by atoms with Crippen LogP contribution in [-0.4, -0.2) is 6.61 Å². The monoisotopic (exact) mass is 220 g/mol. The number of ether oxygens (including phenoxy) is 1. The minimum Gasteiger partial charge on any atom is -0.492 e. The third-order valence-electron chi connectivity index (χ3n) is 1.46. The summed E-state index contributed by atoms with van der Waals surface area (Å²) >= 11 is 9.65. The van der Waals surface area contributed by atoms with Crippen LogP contribution < -0.4 is 4.74 Å². The first-order valence-electron chi connectivity index (χ1n) is 3.96. The van der Waals surface area contributed by atoms with Gasteiger partial charge >= 0.3 is 0 Å². The van der Waals surface area contributed by atoms with Gasteiger partial charge in [-0.3, -0.25) is 0 Å². The van der Waals surface area contributed by atoms with Crippen LogP contribution in [-0.2, 0) is 0 Å². The Morgan fingerprint density at radius 3 is 2.85 bits per heavy atom. The highest BCUT2D eigenvalue weighted by atomic mass is 35.5. The third-order valence-corrected chi connectivity index (χ3v) is 2.10. The molecule has 0 saturated carbocycles. The number of rotatable bonds is 3. The van der Waals surface area contributed by atoms with Crippen LogP contribution in [0.2, 0.25) is 5.02 Å². The molecule has 0 aliphatic carbocycles. The van der Waals surface area contributed by atoms with Crippen LogP contribution in [0.4, 0.5) is 4.39 Å². The van der Waals surface area contributed by atoms with E-state index in [1.165, 1.54) is 12.1 Å². The van der Waals surface area contributed by atoms with Gasteiger partial charge in [0.2, 0.25) is 0 Å². The molecule has 0 radical (unpaired) electrons. The van der Waals surface area contributed by atoms with Gasteiger partial charge in [-0.2, -0.15) is 0 Å². The lowest BCUT2D eigenvalue weighted by Gasteiger charge is -2.07. The molecule has 0 amide bonds. The highest BCUT2D eigenvalue weighted by Gasteiger charge is 2.06. The first-order valence-corrected chi connectivity index (χ1v) is 4.78. The predicted molar refractivity (Wildman–Crippen MR) is 54.4 cm³/mol. The second kappa shape index (κ2) is 4.72. The van der Waals surface area contributed by atoms with E-state index in [-0.39, 0.29) is 5.02 Å². The van der Waals surface area contributed by atoms with E-state index in [0.29, 0.717) is 17.3 Å². The van der Waals surface area contributed by atoms with Crippen molar-refractivity contribution in [1.82, 2.24) is 0 Å². The molecule has 0 heterocycles. The maximum absolute atomic E-state index is 12.9. The molecule has 0 bridgehead atoms. The molecule has 0 N–H and O–H groups in total. The molecular weight excluding hydrogens is 211 g/mol. The Kier molecular flexibility index (Phi) is 3.88. The van der Waals surface area contributed by atoms with Gasteiger partial charge in [0.1, 0.15) is 11.6 Å². The van der Waals surface area contributed by atoms with Gasteiger partial charge < -0.3 is 4.74 Å². The van der Waals surface area contributed by atoms with E-state index in [1.54, 1.807) is 0 Å². The Balaban J connectivity index is 2.88. The molecule has 1 aromatic carbocycles. The normalized spacial score (nSPS) is 10.2. The molecule has 0 saturated heterocycles. The highest BCUT2D eigenvalue weighted by molar-refractivity contribution is 7.80. The second-order valence-electron chi connectivity index (χ2n) is 2.58. The molecule has 0 aliphatic heterocycles. The molecule has 0 aliphatic rings. The molecule has 1 nitrogen and oxygen atoms in total. The summed E-state index contributed by atoms with van der Waals surface area (Å²) in [5, 5.41) is 0.0637. The lowest BCUT2D eigenvalue weighted by Crippen LogP contribution is -1.96. The quantitative estimate of drug-likeness (QED) is 0.767. The minimum atomic E-state index is -0.481. The number of halogens is 2. The molecule has 0 spiro atoms. The first kappa shape index (κ1) is 10.7. The van der Waals surface area contributed by atoms with Crippen molar-refractivity contribution in [1.29, 1.82) is 0 Å². The summed E-state index contributed by atoms with van der Waals surface area (Å²) in [5.41, 5.74) is 0. The molecule has 0 aromatic heterocycles. The minimum absolute atomic E-state index is 0.0637. The molecule has 0 atom stereocenters. The summed E-state index contributed by atoms with van der Waals surface area (Å²) in [6.07, 6.45) is 0.872. The summed E-state index contributed by atoms with van der Waals surface area (Å²) < 4.78 is 18.2. The lowest BCUT2D eigenvalue weighted by molar-refractivity contribution is 0.308. The van der Waals surface area contributed by atoms with Gasteiger partial charge in [0.15, 0.2) is 0 Å². The zero-order valence-corrected chi connectivity index (χ0v) is 8.83. The average molecular weight is 221 g/mol. The zero-order valence-electron chi connectivity index (χ0n) is 7.18. The van der Waals surface area contributed by atoms with Crippen molar-refractivity contribution < 1.29 is 9.13 Å². The molecule has 72 valence electrons. The van der Waals surface area contributed by atoms with Gasteiger partial charge in [-0.25, -0.2) is 4.39 Å². The zero-order chi connectivity index (χ0) is 9.84. The van der Waals surface area contributed by atoms with Gasteiger partial charge in [-0.15, -0.1) is 12.6 Å². The van der Waals surface area contributed by atoms with Gasteiger partial charge in [0.25, 0.3) is 0 Å². The van der Waals surface area contributed by atoms with Crippen molar-refractivity contribution in [2.24, 2.45) is 0 Å².